The number of nitrogens with zero attached hydrogens (tertiary/aromatic N) is 5. The molecule has 1 aliphatic heterocycles. The summed E-state index contributed by atoms with van der Waals surface area (Å²) in [5.74, 6) is 0. The average Bonchev–Trinajstić information content (AvgIpc) is 2.94. The number of rotatable bonds is 2. The van der Waals surface area contributed by atoms with Crippen LogP contribution < -0.4 is 4.48 Å². The summed E-state index contributed by atoms with van der Waals surface area (Å²) >= 11 is 3.86. The summed E-state index contributed by atoms with van der Waals surface area (Å²) in [6, 6.07) is 1.19. The first-order valence-electron chi connectivity index (χ1n) is 8.20. The number of ether oxygens (including phenoxy) is 1. The molecule has 1 aliphatic carbocycles. The van der Waals surface area contributed by atoms with Crippen molar-refractivity contribution in [1.29, 1.82) is 0 Å². The van der Waals surface area contributed by atoms with Gasteiger partial charge in [0.05, 0.1) is 0 Å². The van der Waals surface area contributed by atoms with Gasteiger partial charge in [-0.2, -0.15) is 0 Å². The number of halogens is 1. The van der Waals surface area contributed by atoms with Gasteiger partial charge in [-0.1, -0.05) is 0 Å². The van der Waals surface area contributed by atoms with E-state index in [0.717, 1.165) is 51.6 Å². The Morgan fingerprint density at radius 1 is 1.09 bits per heavy atom. The van der Waals surface area contributed by atoms with Crippen molar-refractivity contribution in [3.05, 3.63) is 10.0 Å². The Morgan fingerprint density at radius 3 is 2.52 bits per heavy atom. The molecule has 2 fully saturated rings. The van der Waals surface area contributed by atoms with Gasteiger partial charge < -0.3 is 0 Å². The molecule has 2 aromatic heterocycles. The third-order valence-electron chi connectivity index (χ3n) is 5.05. The van der Waals surface area contributed by atoms with E-state index in [1.54, 1.807) is 23.2 Å². The molecule has 0 bridgehead atoms. The van der Waals surface area contributed by atoms with Crippen LogP contribution >= 0.6 is 22.6 Å². The van der Waals surface area contributed by atoms with Crippen molar-refractivity contribution in [2.24, 2.45) is 0 Å². The van der Waals surface area contributed by atoms with Crippen molar-refractivity contribution >= 4 is 55.0 Å². The Labute approximate surface area is 158 Å². The number of fused-ring (bicyclic) bond motifs is 1. The third-order valence-corrected chi connectivity index (χ3v) is 6.72. The van der Waals surface area contributed by atoms with Gasteiger partial charge >= 0.3 is 158 Å². The topological polar surface area (TPSA) is 56.1 Å². The summed E-state index contributed by atoms with van der Waals surface area (Å²) in [4.78, 5) is 11.5. The minimum atomic E-state index is 0.472. The van der Waals surface area contributed by atoms with E-state index in [-0.39, 0.29) is 0 Å². The Balaban J connectivity index is 1.51. The molecule has 4 rings (SSSR count). The zero-order chi connectivity index (χ0) is 15.8. The molecule has 6 nitrogen and oxygen atoms in total. The molecule has 23 heavy (non-hydrogen) atoms. The molecule has 8 heteroatoms. The molecule has 1 saturated carbocycles. The van der Waals surface area contributed by atoms with E-state index in [4.69, 9.17) is 9.84 Å². The maximum absolute atomic E-state index is 5.47. The Bertz CT molecular complexity index is 694. The van der Waals surface area contributed by atoms with Crippen molar-refractivity contribution in [2.75, 3.05) is 26.3 Å². The van der Waals surface area contributed by atoms with E-state index in [1.807, 2.05) is 0 Å². The van der Waals surface area contributed by atoms with Crippen LogP contribution in [-0.2, 0) is 4.74 Å². The van der Waals surface area contributed by atoms with Crippen LogP contribution in [0.15, 0.2) is 6.33 Å². The molecular weight excluding hydrogens is 468 g/mol. The molecule has 0 radical (unpaired) electrons. The van der Waals surface area contributed by atoms with Gasteiger partial charge in [-0.05, 0) is 0 Å². The molecule has 1 unspecified atom stereocenters. The first-order valence-corrected chi connectivity index (χ1v) is 10.5. The Kier molecular flexibility index (Phi) is 4.90. The molecule has 0 spiro atoms. The van der Waals surface area contributed by atoms with Crippen LogP contribution in [0.25, 0.3) is 11.0 Å². The van der Waals surface area contributed by atoms with Gasteiger partial charge in [0.2, 0.25) is 0 Å². The second-order valence-electron chi connectivity index (χ2n) is 6.30. The summed E-state index contributed by atoms with van der Waals surface area (Å²) in [5, 5.41) is 5.93. The Hall–Kier alpha value is -0.242. The van der Waals surface area contributed by atoms with Crippen LogP contribution in [0.3, 0.4) is 0 Å². The second-order valence-corrected chi connectivity index (χ2v) is 8.47. The maximum atomic E-state index is 5.47. The molecule has 2 aliphatic rings. The van der Waals surface area contributed by atoms with Gasteiger partial charge in [0.1, 0.15) is 0 Å². The Morgan fingerprint density at radius 2 is 1.78 bits per heavy atom. The molecule has 2 aromatic rings. The van der Waals surface area contributed by atoms with Crippen molar-refractivity contribution in [2.45, 2.75) is 37.8 Å². The number of morpholine rings is 1. The van der Waals surface area contributed by atoms with Crippen LogP contribution in [0.5, 0.6) is 0 Å². The van der Waals surface area contributed by atoms with E-state index in [9.17, 15) is 0 Å². The zero-order valence-electron chi connectivity index (χ0n) is 13.0. The molecule has 1 atom stereocenters. The first kappa shape index (κ1) is 16.2. The van der Waals surface area contributed by atoms with Crippen molar-refractivity contribution in [3.63, 3.8) is 0 Å². The zero-order valence-corrected chi connectivity index (χ0v) is 17.6. The molecule has 3 heterocycles. The third kappa shape index (κ3) is 3.17. The van der Waals surface area contributed by atoms with Gasteiger partial charge in [-0.3, -0.25) is 0 Å². The molecule has 1 saturated heterocycles. The first-order chi connectivity index (χ1) is 11.2. The van der Waals surface area contributed by atoms with E-state index >= 15 is 0 Å². The van der Waals surface area contributed by atoms with Gasteiger partial charge in [-0.15, -0.1) is 0 Å². The van der Waals surface area contributed by atoms with Gasteiger partial charge in [-0.25, -0.2) is 0 Å². The fourth-order valence-electron chi connectivity index (χ4n) is 3.82. The van der Waals surface area contributed by atoms with E-state index < -0.39 is 0 Å². The summed E-state index contributed by atoms with van der Waals surface area (Å²) in [7, 11) is 0. The normalized spacial score (nSPS) is 26.7. The van der Waals surface area contributed by atoms with Crippen molar-refractivity contribution in [1.82, 2.24) is 24.6 Å². The predicted octanol–water partition coefficient (Wildman–Crippen LogP) is 0.505. The molecule has 124 valence electrons. The average molecular weight is 489 g/mol. The van der Waals surface area contributed by atoms with E-state index in [2.05, 4.69) is 42.1 Å². The number of aromatic nitrogens is 4. The van der Waals surface area contributed by atoms with Crippen molar-refractivity contribution in [3.8, 4) is 0 Å². The fourth-order valence-corrected chi connectivity index (χ4v) is 5.88. The summed E-state index contributed by atoms with van der Waals surface area (Å²) in [6.07, 6.45) is 6.53. The monoisotopic (exact) mass is 489 g/mol. The molecule has 0 N–H and O–H groups in total. The van der Waals surface area contributed by atoms with Gasteiger partial charge in [0.15, 0.2) is 0 Å². The van der Waals surface area contributed by atoms with Crippen LogP contribution in [-0.4, -0.2) is 73.8 Å². The van der Waals surface area contributed by atoms with Gasteiger partial charge in [0.25, 0.3) is 0 Å². The minimum absolute atomic E-state index is 0.472. The summed E-state index contributed by atoms with van der Waals surface area (Å²) in [5.41, 5.74) is 1.01. The van der Waals surface area contributed by atoms with E-state index in [0.29, 0.717) is 6.04 Å². The quantitative estimate of drug-likeness (QED) is 0.455. The summed E-state index contributed by atoms with van der Waals surface area (Å²) in [6.45, 7) is 3.96. The van der Waals surface area contributed by atoms with Crippen LogP contribution in [0.1, 0.15) is 31.7 Å². The molecule has 0 amide bonds. The standard InChI is InChI=1S/C15H21AsIN5O/c16-13-12-14(17)20-22(15(12)19-9-18-13)11-3-1-10(2-4-11)21-5-7-23-8-6-21/h9-11H,1-8,16H2/t10-,11-. The summed E-state index contributed by atoms with van der Waals surface area (Å²) < 4.78 is 9.76. The SMILES string of the molecule is [AsH2]c1ncnc2c1c(I)nn2[C@H]1CC[C@H](N2CCOCC2)CC1. The number of hydrogen-bond acceptors (Lipinski definition) is 5. The predicted molar refractivity (Wildman–Crippen MR) is 99.9 cm³/mol. The fraction of sp³-hybridized carbons (Fsp3) is 0.667. The van der Waals surface area contributed by atoms with Crippen LogP contribution in [0.4, 0.5) is 0 Å². The molecular formula is C15H21AsIN5O. The molecule has 0 aromatic carbocycles. The second kappa shape index (κ2) is 6.94. The van der Waals surface area contributed by atoms with Crippen molar-refractivity contribution < 1.29 is 4.74 Å². The van der Waals surface area contributed by atoms with E-state index in [1.165, 1.54) is 25.7 Å². The number of hydrogen-bond donors (Lipinski definition) is 0. The van der Waals surface area contributed by atoms with Crippen LogP contribution in [0.2, 0.25) is 0 Å². The van der Waals surface area contributed by atoms with Crippen LogP contribution in [0, 0.1) is 3.70 Å². The van der Waals surface area contributed by atoms with Gasteiger partial charge in [0, 0.05) is 0 Å².